The van der Waals surface area contributed by atoms with Crippen LogP contribution in [0.4, 0.5) is 5.13 Å². The Labute approximate surface area is 189 Å². The number of hydrogen-bond acceptors (Lipinski definition) is 4. The highest BCUT2D eigenvalue weighted by atomic mass is 35.5. The molecule has 0 aliphatic rings. The van der Waals surface area contributed by atoms with Crippen molar-refractivity contribution in [3.05, 3.63) is 88.9 Å². The smallest absolute Gasteiger partial charge is 0.229 e. The Morgan fingerprint density at radius 1 is 1.03 bits per heavy atom. The molecule has 6 heteroatoms. The molecule has 152 valence electrons. The number of rotatable bonds is 7. The van der Waals surface area contributed by atoms with Crippen molar-refractivity contribution < 1.29 is 4.79 Å². The number of benzene rings is 3. The van der Waals surface area contributed by atoms with Gasteiger partial charge in [0.2, 0.25) is 5.91 Å². The highest BCUT2D eigenvalue weighted by Crippen LogP contribution is 2.36. The third-order valence-electron chi connectivity index (χ3n) is 4.73. The summed E-state index contributed by atoms with van der Waals surface area (Å²) in [6, 6.07) is 24.0. The van der Waals surface area contributed by atoms with Crippen LogP contribution >= 0.6 is 34.7 Å². The van der Waals surface area contributed by atoms with Crippen LogP contribution in [0.5, 0.6) is 0 Å². The molecule has 0 fully saturated rings. The lowest BCUT2D eigenvalue weighted by Crippen LogP contribution is -2.30. The third kappa shape index (κ3) is 4.86. The van der Waals surface area contributed by atoms with E-state index in [1.165, 1.54) is 16.2 Å². The first-order valence-corrected chi connectivity index (χ1v) is 11.9. The zero-order chi connectivity index (χ0) is 20.9. The van der Waals surface area contributed by atoms with E-state index >= 15 is 0 Å². The molecule has 0 unspecified atom stereocenters. The van der Waals surface area contributed by atoms with Crippen LogP contribution in [-0.2, 0) is 11.3 Å². The Balaban J connectivity index is 1.58. The maximum Gasteiger partial charge on any atom is 0.229 e. The summed E-state index contributed by atoms with van der Waals surface area (Å²) in [5.74, 6) is 0.786. The average Bonchev–Trinajstić information content (AvgIpc) is 3.23. The van der Waals surface area contributed by atoms with Crippen LogP contribution in [0.15, 0.2) is 77.7 Å². The van der Waals surface area contributed by atoms with Crippen molar-refractivity contribution in [3.63, 3.8) is 0 Å². The molecule has 4 aromatic rings. The highest BCUT2D eigenvalue weighted by molar-refractivity contribution is 7.99. The predicted octanol–water partition coefficient (Wildman–Crippen LogP) is 6.97. The Morgan fingerprint density at radius 2 is 1.73 bits per heavy atom. The summed E-state index contributed by atoms with van der Waals surface area (Å²) >= 11 is 9.57. The molecule has 3 nitrogen and oxygen atoms in total. The number of amides is 1. The zero-order valence-corrected chi connectivity index (χ0v) is 18.9. The molecule has 30 heavy (non-hydrogen) atoms. The van der Waals surface area contributed by atoms with Gasteiger partial charge in [-0.1, -0.05) is 77.5 Å². The Bertz CT molecular complexity index is 1110. The van der Waals surface area contributed by atoms with Crippen LogP contribution in [0.2, 0.25) is 5.02 Å². The fourth-order valence-corrected chi connectivity index (χ4v) is 5.34. The number of halogens is 1. The summed E-state index contributed by atoms with van der Waals surface area (Å²) in [5.41, 5.74) is 3.00. The Kier molecular flexibility index (Phi) is 6.72. The van der Waals surface area contributed by atoms with Crippen LogP contribution in [0.1, 0.15) is 17.5 Å². The van der Waals surface area contributed by atoms with Gasteiger partial charge in [-0.25, -0.2) is 4.98 Å². The van der Waals surface area contributed by atoms with Gasteiger partial charge in [0, 0.05) is 17.1 Å². The van der Waals surface area contributed by atoms with Crippen LogP contribution in [-0.4, -0.2) is 16.6 Å². The molecule has 1 heterocycles. The molecule has 0 saturated heterocycles. The van der Waals surface area contributed by atoms with E-state index in [1.54, 1.807) is 16.7 Å². The summed E-state index contributed by atoms with van der Waals surface area (Å²) in [4.78, 5) is 21.0. The fourth-order valence-electron chi connectivity index (χ4n) is 3.14. The van der Waals surface area contributed by atoms with Gasteiger partial charge in [-0.15, -0.1) is 11.8 Å². The maximum atomic E-state index is 13.2. The summed E-state index contributed by atoms with van der Waals surface area (Å²) in [5, 5.41) is 1.37. The van der Waals surface area contributed by atoms with Gasteiger partial charge in [0.1, 0.15) is 0 Å². The van der Waals surface area contributed by atoms with Gasteiger partial charge < -0.3 is 0 Å². The average molecular weight is 453 g/mol. The molecule has 4 rings (SSSR count). The van der Waals surface area contributed by atoms with E-state index in [9.17, 15) is 4.79 Å². The fraction of sp³-hybridized carbons (Fsp3) is 0.167. The number of anilines is 1. The van der Waals surface area contributed by atoms with E-state index in [4.69, 9.17) is 16.6 Å². The third-order valence-corrected chi connectivity index (χ3v) is 7.28. The van der Waals surface area contributed by atoms with Gasteiger partial charge in [-0.05, 0) is 36.2 Å². The minimum absolute atomic E-state index is 0.0649. The lowest BCUT2D eigenvalue weighted by Gasteiger charge is -2.20. The van der Waals surface area contributed by atoms with Crippen molar-refractivity contribution in [2.24, 2.45) is 0 Å². The molecule has 0 atom stereocenters. The molecular weight excluding hydrogens is 432 g/mol. The number of aryl methyl sites for hydroxylation is 1. The minimum atomic E-state index is 0.0649. The maximum absolute atomic E-state index is 13.2. The lowest BCUT2D eigenvalue weighted by atomic mass is 10.2. The molecule has 0 saturated carbocycles. The van der Waals surface area contributed by atoms with Gasteiger partial charge in [-0.2, -0.15) is 0 Å². The molecule has 1 aromatic heterocycles. The zero-order valence-electron chi connectivity index (χ0n) is 16.5. The van der Waals surface area contributed by atoms with E-state index in [1.807, 2.05) is 67.6 Å². The number of hydrogen-bond donors (Lipinski definition) is 0. The first-order valence-electron chi connectivity index (χ1n) is 9.69. The lowest BCUT2D eigenvalue weighted by molar-refractivity contribution is -0.118. The van der Waals surface area contributed by atoms with Gasteiger partial charge in [0.25, 0.3) is 0 Å². The number of thiazole rings is 1. The Hall–Kier alpha value is -2.34. The van der Waals surface area contributed by atoms with E-state index in [-0.39, 0.29) is 5.91 Å². The van der Waals surface area contributed by atoms with Crippen LogP contribution in [0.3, 0.4) is 0 Å². The van der Waals surface area contributed by atoms with Gasteiger partial charge in [0.15, 0.2) is 5.13 Å². The first kappa shape index (κ1) is 20.9. The van der Waals surface area contributed by atoms with E-state index in [0.717, 1.165) is 27.1 Å². The van der Waals surface area contributed by atoms with Crippen LogP contribution in [0, 0.1) is 6.92 Å². The number of aromatic nitrogens is 1. The minimum Gasteiger partial charge on any atom is -0.284 e. The largest absolute Gasteiger partial charge is 0.284 e. The van der Waals surface area contributed by atoms with E-state index in [0.29, 0.717) is 23.1 Å². The molecule has 0 radical (unpaired) electrons. The standard InChI is InChI=1S/C24H21ClN2OS2/c1-17-12-13-20(25)23-22(17)26-24(30-23)27(16-18-8-4-2-5-9-18)21(28)14-15-29-19-10-6-3-7-11-19/h2-13H,14-16H2,1H3. The van der Waals surface area contributed by atoms with Crippen molar-refractivity contribution >= 4 is 56.0 Å². The van der Waals surface area contributed by atoms with E-state index < -0.39 is 0 Å². The molecular formula is C24H21ClN2OS2. The first-order chi connectivity index (χ1) is 14.6. The van der Waals surface area contributed by atoms with Crippen molar-refractivity contribution in [1.29, 1.82) is 0 Å². The van der Waals surface area contributed by atoms with Gasteiger partial charge >= 0.3 is 0 Å². The molecule has 0 aliphatic heterocycles. The second kappa shape index (κ2) is 9.65. The summed E-state index contributed by atoms with van der Waals surface area (Å²) in [7, 11) is 0. The van der Waals surface area contributed by atoms with Crippen molar-refractivity contribution in [3.8, 4) is 0 Å². The highest BCUT2D eigenvalue weighted by Gasteiger charge is 2.21. The van der Waals surface area contributed by atoms with Crippen molar-refractivity contribution in [2.75, 3.05) is 10.7 Å². The van der Waals surface area contributed by atoms with Crippen molar-refractivity contribution in [1.82, 2.24) is 4.98 Å². The molecule has 3 aromatic carbocycles. The second-order valence-electron chi connectivity index (χ2n) is 6.92. The Morgan fingerprint density at radius 3 is 2.43 bits per heavy atom. The quantitative estimate of drug-likeness (QED) is 0.284. The summed E-state index contributed by atoms with van der Waals surface area (Å²) in [6.45, 7) is 2.51. The van der Waals surface area contributed by atoms with Crippen molar-refractivity contribution in [2.45, 2.75) is 24.8 Å². The number of thioether (sulfide) groups is 1. The van der Waals surface area contributed by atoms with Crippen LogP contribution < -0.4 is 4.90 Å². The SMILES string of the molecule is Cc1ccc(Cl)c2sc(N(Cc3ccccc3)C(=O)CCSc3ccccc3)nc12. The number of carbonyl (C=O) groups is 1. The number of fused-ring (bicyclic) bond motifs is 1. The van der Waals surface area contributed by atoms with Gasteiger partial charge in [-0.3, -0.25) is 9.69 Å². The van der Waals surface area contributed by atoms with E-state index in [2.05, 4.69) is 12.1 Å². The van der Waals surface area contributed by atoms with Crippen LogP contribution in [0.25, 0.3) is 10.2 Å². The normalized spacial score (nSPS) is 11.0. The molecule has 0 N–H and O–H groups in total. The molecule has 0 spiro atoms. The summed E-state index contributed by atoms with van der Waals surface area (Å²) in [6.07, 6.45) is 0.440. The molecule has 0 aliphatic carbocycles. The molecule has 0 bridgehead atoms. The monoisotopic (exact) mass is 452 g/mol. The number of carbonyl (C=O) groups excluding carboxylic acids is 1. The van der Waals surface area contributed by atoms with Gasteiger partial charge in [0.05, 0.1) is 21.8 Å². The summed E-state index contributed by atoms with van der Waals surface area (Å²) < 4.78 is 0.927. The molecule has 1 amide bonds. The topological polar surface area (TPSA) is 33.2 Å². The predicted molar refractivity (Wildman–Crippen MR) is 129 cm³/mol. The second-order valence-corrected chi connectivity index (χ2v) is 9.47. The number of nitrogens with zero attached hydrogens (tertiary/aromatic N) is 2.